The topological polar surface area (TPSA) is 3.01 Å². The summed E-state index contributed by atoms with van der Waals surface area (Å²) in [6.45, 7) is 8.83. The van der Waals surface area contributed by atoms with Crippen molar-refractivity contribution in [3.63, 3.8) is 0 Å². The zero-order chi connectivity index (χ0) is 14.2. The maximum atomic E-state index is 2.29. The van der Waals surface area contributed by atoms with Crippen molar-refractivity contribution in [1.29, 1.82) is 0 Å². The van der Waals surface area contributed by atoms with Crippen LogP contribution < -0.4 is 12.4 Å². The monoisotopic (exact) mass is 289 g/mol. The maximum absolute atomic E-state index is 2.29. The Bertz CT molecular complexity index is 622. The van der Waals surface area contributed by atoms with E-state index in [2.05, 4.69) is 70.6 Å². The molecule has 0 aromatic rings. The normalized spacial score (nSPS) is 10.3. The van der Waals surface area contributed by atoms with Crippen LogP contribution in [0, 0.1) is 20.8 Å². The molecule has 2 aliphatic carbocycles. The van der Waals surface area contributed by atoms with Crippen LogP contribution in [0.1, 0.15) is 35.6 Å². The Balaban J connectivity index is 0.00000200. The molecule has 2 rings (SSSR count). The fourth-order valence-corrected chi connectivity index (χ4v) is 3.09. The molecule has 0 aliphatic heterocycles. The highest BCUT2D eigenvalue weighted by atomic mass is 35.5. The highest BCUT2D eigenvalue weighted by Crippen LogP contribution is 2.34. The minimum Gasteiger partial charge on any atom is -1.00 e. The molecule has 0 spiro atoms. The second kappa shape index (κ2) is 6.41. The molecule has 0 atom stereocenters. The number of fused-ring (bicyclic) bond motifs is 1. The SMILES string of the molecule is CCC(c1ccc2c(C)cc(C)cc(C)c1-2)=[N+](C)C.[Cl-]. The standard InChI is InChI=1S/C18H24N.ClH/c1-7-17(19(5)6)16-9-8-15-13(3)10-12(2)11-14(4)18(15)16;/h8-11H,7H2,1-6H3;1H/q+1;/p-1. The fourth-order valence-electron chi connectivity index (χ4n) is 3.09. The van der Waals surface area contributed by atoms with Crippen LogP contribution in [-0.4, -0.2) is 24.4 Å². The molecule has 2 heteroatoms. The van der Waals surface area contributed by atoms with E-state index in [0.29, 0.717) is 0 Å². The number of halogens is 1. The van der Waals surface area contributed by atoms with Gasteiger partial charge in [0.25, 0.3) is 0 Å². The summed E-state index contributed by atoms with van der Waals surface area (Å²) in [5.74, 6) is 0. The number of hydrogen-bond donors (Lipinski definition) is 0. The van der Waals surface area contributed by atoms with Gasteiger partial charge in [0, 0.05) is 12.0 Å². The number of nitrogens with zero attached hydrogens (tertiary/aromatic N) is 1. The van der Waals surface area contributed by atoms with E-state index < -0.39 is 0 Å². The van der Waals surface area contributed by atoms with Crippen LogP contribution in [0.3, 0.4) is 0 Å². The summed E-state index contributed by atoms with van der Waals surface area (Å²) >= 11 is 0. The lowest BCUT2D eigenvalue weighted by molar-refractivity contribution is -0.465. The number of aryl methyl sites for hydroxylation is 3. The summed E-state index contributed by atoms with van der Waals surface area (Å²) < 4.78 is 2.24. The van der Waals surface area contributed by atoms with Gasteiger partial charge in [-0.15, -0.1) is 0 Å². The van der Waals surface area contributed by atoms with Crippen molar-refractivity contribution in [1.82, 2.24) is 0 Å². The van der Waals surface area contributed by atoms with Gasteiger partial charge in [0.1, 0.15) is 14.1 Å². The van der Waals surface area contributed by atoms with E-state index in [1.54, 1.807) is 0 Å². The quantitative estimate of drug-likeness (QED) is 0.577. The van der Waals surface area contributed by atoms with E-state index >= 15 is 0 Å². The molecule has 0 saturated heterocycles. The molecule has 0 N–H and O–H groups in total. The Morgan fingerprint density at radius 2 is 1.60 bits per heavy atom. The smallest absolute Gasteiger partial charge is 0.183 e. The van der Waals surface area contributed by atoms with Crippen molar-refractivity contribution in [3.8, 4) is 11.1 Å². The molecule has 108 valence electrons. The van der Waals surface area contributed by atoms with Gasteiger partial charge < -0.3 is 12.4 Å². The van der Waals surface area contributed by atoms with Gasteiger partial charge in [-0.2, -0.15) is 0 Å². The van der Waals surface area contributed by atoms with Crippen molar-refractivity contribution in [2.24, 2.45) is 0 Å². The zero-order valence-electron chi connectivity index (χ0n) is 13.3. The van der Waals surface area contributed by atoms with Crippen LogP contribution in [0.15, 0.2) is 24.3 Å². The van der Waals surface area contributed by atoms with Gasteiger partial charge in [0.05, 0.1) is 0 Å². The van der Waals surface area contributed by atoms with Gasteiger partial charge in [-0.1, -0.05) is 30.7 Å². The molecule has 0 saturated carbocycles. The Labute approximate surface area is 129 Å². The molecule has 0 aromatic heterocycles. The van der Waals surface area contributed by atoms with E-state index in [4.69, 9.17) is 0 Å². The lowest BCUT2D eigenvalue weighted by Gasteiger charge is -2.06. The van der Waals surface area contributed by atoms with Crippen molar-refractivity contribution in [3.05, 3.63) is 46.5 Å². The summed E-state index contributed by atoms with van der Waals surface area (Å²) in [5, 5.41) is 0. The molecule has 0 fully saturated rings. The summed E-state index contributed by atoms with van der Waals surface area (Å²) in [5.41, 5.74) is 9.65. The second-order valence-corrected chi connectivity index (χ2v) is 5.63. The van der Waals surface area contributed by atoms with Gasteiger partial charge in [-0.05, 0) is 49.1 Å². The lowest BCUT2D eigenvalue weighted by atomic mass is 9.98. The van der Waals surface area contributed by atoms with Crippen molar-refractivity contribution in [2.75, 3.05) is 14.1 Å². The van der Waals surface area contributed by atoms with Crippen LogP contribution in [0.4, 0.5) is 0 Å². The Kier molecular flexibility index (Phi) is 5.35. The lowest BCUT2D eigenvalue weighted by Crippen LogP contribution is -3.00. The third kappa shape index (κ3) is 2.88. The first-order valence-electron chi connectivity index (χ1n) is 6.99. The van der Waals surface area contributed by atoms with Crippen molar-refractivity contribution in [2.45, 2.75) is 34.1 Å². The largest absolute Gasteiger partial charge is 1.00 e. The second-order valence-electron chi connectivity index (χ2n) is 5.63. The average Bonchev–Trinajstić information content (AvgIpc) is 2.69. The van der Waals surface area contributed by atoms with E-state index in [-0.39, 0.29) is 12.4 Å². The molecular formula is C18H24ClN. The molecule has 0 unspecified atom stereocenters. The molecule has 0 bridgehead atoms. The first kappa shape index (κ1) is 16.7. The Hall–Kier alpha value is -1.34. The van der Waals surface area contributed by atoms with Crippen LogP contribution in [0.5, 0.6) is 0 Å². The van der Waals surface area contributed by atoms with Gasteiger partial charge in [-0.3, -0.25) is 0 Å². The van der Waals surface area contributed by atoms with E-state index in [0.717, 1.165) is 6.42 Å². The predicted octanol–water partition coefficient (Wildman–Crippen LogP) is 1.19. The van der Waals surface area contributed by atoms with E-state index in [1.807, 2.05) is 0 Å². The first-order valence-corrected chi connectivity index (χ1v) is 6.99. The number of rotatable bonds is 2. The molecule has 2 aliphatic rings. The van der Waals surface area contributed by atoms with Crippen molar-refractivity contribution >= 4 is 5.71 Å². The molecule has 0 aromatic carbocycles. The third-order valence-corrected chi connectivity index (χ3v) is 3.85. The van der Waals surface area contributed by atoms with E-state index in [1.165, 1.54) is 39.1 Å². The van der Waals surface area contributed by atoms with Gasteiger partial charge in [0.2, 0.25) is 0 Å². The fraction of sp³-hybridized carbons (Fsp3) is 0.389. The molecule has 20 heavy (non-hydrogen) atoms. The highest BCUT2D eigenvalue weighted by molar-refractivity contribution is 6.05. The van der Waals surface area contributed by atoms with Crippen LogP contribution >= 0.6 is 0 Å². The van der Waals surface area contributed by atoms with Crippen molar-refractivity contribution < 1.29 is 17.0 Å². The zero-order valence-corrected chi connectivity index (χ0v) is 14.1. The molecule has 0 radical (unpaired) electrons. The molecule has 0 heterocycles. The predicted molar refractivity (Wildman–Crippen MR) is 83.8 cm³/mol. The molecular weight excluding hydrogens is 266 g/mol. The minimum absolute atomic E-state index is 0. The van der Waals surface area contributed by atoms with Gasteiger partial charge >= 0.3 is 0 Å². The summed E-state index contributed by atoms with van der Waals surface area (Å²) in [4.78, 5) is 0. The minimum atomic E-state index is 0. The van der Waals surface area contributed by atoms with Crippen LogP contribution in [-0.2, 0) is 0 Å². The van der Waals surface area contributed by atoms with Gasteiger partial charge in [-0.25, -0.2) is 4.58 Å². The Morgan fingerprint density at radius 1 is 1.00 bits per heavy atom. The van der Waals surface area contributed by atoms with Crippen LogP contribution in [0.2, 0.25) is 0 Å². The van der Waals surface area contributed by atoms with Crippen LogP contribution in [0.25, 0.3) is 11.1 Å². The number of hydrogen-bond acceptors (Lipinski definition) is 0. The first-order chi connectivity index (χ1) is 8.95. The summed E-state index contributed by atoms with van der Waals surface area (Å²) in [7, 11) is 4.27. The van der Waals surface area contributed by atoms with E-state index in [9.17, 15) is 0 Å². The average molecular weight is 290 g/mol. The summed E-state index contributed by atoms with van der Waals surface area (Å²) in [6, 6.07) is 9.12. The highest BCUT2D eigenvalue weighted by Gasteiger charge is 2.20. The maximum Gasteiger partial charge on any atom is 0.183 e. The molecule has 0 amide bonds. The molecule has 1 nitrogen and oxygen atoms in total. The summed E-state index contributed by atoms with van der Waals surface area (Å²) in [6.07, 6.45) is 1.06. The van der Waals surface area contributed by atoms with Gasteiger partial charge in [0.15, 0.2) is 5.71 Å². The third-order valence-electron chi connectivity index (χ3n) is 3.85. The Morgan fingerprint density at radius 3 is 2.15 bits per heavy atom.